The van der Waals surface area contributed by atoms with Gasteiger partial charge in [-0.3, -0.25) is 0 Å². The summed E-state index contributed by atoms with van der Waals surface area (Å²) in [6.45, 7) is 19.4. The van der Waals surface area contributed by atoms with Gasteiger partial charge in [-0.25, -0.2) is 9.59 Å². The second-order valence-corrected chi connectivity index (χ2v) is 14.5. The molecular weight excluding hydrogens is 362 g/mol. The van der Waals surface area contributed by atoms with E-state index in [2.05, 4.69) is 46.9 Å². The van der Waals surface area contributed by atoms with Gasteiger partial charge in [0.1, 0.15) is 11.6 Å². The summed E-state index contributed by atoms with van der Waals surface area (Å²) in [5.41, 5.74) is 0.904. The van der Waals surface area contributed by atoms with Crippen LogP contribution in [-0.2, 0) is 18.7 Å². The fourth-order valence-corrected chi connectivity index (χ4v) is 9.38. The maximum absolute atomic E-state index is 12.0. The van der Waals surface area contributed by atoms with Crippen molar-refractivity contribution in [1.82, 2.24) is 5.32 Å². The van der Waals surface area contributed by atoms with Gasteiger partial charge in [0.15, 0.2) is 8.32 Å². The molecule has 1 atom stereocenters. The van der Waals surface area contributed by atoms with Crippen LogP contribution in [0.2, 0.25) is 16.6 Å². The Kier molecular flexibility index (Phi) is 10.6. The van der Waals surface area contributed by atoms with Gasteiger partial charge in [-0.2, -0.15) is 0 Å². The molecule has 0 radical (unpaired) electrons. The first-order chi connectivity index (χ1) is 12.3. The molecule has 0 saturated carbocycles. The van der Waals surface area contributed by atoms with Crippen molar-refractivity contribution in [2.45, 2.75) is 103 Å². The highest BCUT2D eigenvalue weighted by molar-refractivity contribution is 6.77. The molecule has 0 rings (SSSR count). The Morgan fingerprint density at radius 1 is 0.963 bits per heavy atom. The van der Waals surface area contributed by atoms with Gasteiger partial charge in [0.05, 0.1) is 7.11 Å². The van der Waals surface area contributed by atoms with Crippen molar-refractivity contribution in [1.29, 1.82) is 0 Å². The van der Waals surface area contributed by atoms with Gasteiger partial charge in [0.25, 0.3) is 0 Å². The molecular formula is C20H41NO5Si. The number of carbonyl (C=O) groups is 2. The van der Waals surface area contributed by atoms with Crippen LogP contribution in [0.3, 0.4) is 0 Å². The maximum Gasteiger partial charge on any atom is 0.408 e. The lowest BCUT2D eigenvalue weighted by Gasteiger charge is -2.42. The minimum Gasteiger partial charge on any atom is -0.467 e. The first-order valence-electron chi connectivity index (χ1n) is 9.99. The van der Waals surface area contributed by atoms with E-state index in [9.17, 15) is 9.59 Å². The lowest BCUT2D eigenvalue weighted by molar-refractivity contribution is -0.143. The van der Waals surface area contributed by atoms with Gasteiger partial charge in [-0.05, 0) is 50.2 Å². The Morgan fingerprint density at radius 3 is 1.81 bits per heavy atom. The molecule has 27 heavy (non-hydrogen) atoms. The summed E-state index contributed by atoms with van der Waals surface area (Å²) in [4.78, 5) is 24.0. The SMILES string of the molecule is COC(=O)[C@H](CCCO[Si](C(C)C)(C(C)C)C(C)C)NC(=O)OC(C)(C)C. The summed E-state index contributed by atoms with van der Waals surface area (Å²) < 4.78 is 16.6. The number of esters is 1. The third-order valence-corrected chi connectivity index (χ3v) is 11.0. The summed E-state index contributed by atoms with van der Waals surface area (Å²) in [6.07, 6.45) is 0.496. The number of hydrogen-bond donors (Lipinski definition) is 1. The lowest BCUT2D eigenvalue weighted by atomic mass is 10.1. The number of amides is 1. The molecule has 0 spiro atoms. The fraction of sp³-hybridized carbons (Fsp3) is 0.900. The van der Waals surface area contributed by atoms with Gasteiger partial charge >= 0.3 is 12.1 Å². The average molecular weight is 404 g/mol. The molecule has 0 unspecified atom stereocenters. The predicted octanol–water partition coefficient (Wildman–Crippen LogP) is 5.03. The highest BCUT2D eigenvalue weighted by Crippen LogP contribution is 2.42. The zero-order valence-electron chi connectivity index (χ0n) is 19.0. The second kappa shape index (κ2) is 11.0. The summed E-state index contributed by atoms with van der Waals surface area (Å²) in [5.74, 6) is -0.471. The summed E-state index contributed by atoms with van der Waals surface area (Å²) in [6, 6.07) is -0.735. The third kappa shape index (κ3) is 8.21. The Labute approximate surface area is 166 Å². The van der Waals surface area contributed by atoms with E-state index in [0.717, 1.165) is 0 Å². The van der Waals surface area contributed by atoms with Crippen molar-refractivity contribution in [2.24, 2.45) is 0 Å². The van der Waals surface area contributed by atoms with Gasteiger partial charge < -0.3 is 19.2 Å². The maximum atomic E-state index is 12.0. The summed E-state index contributed by atoms with van der Waals surface area (Å²) >= 11 is 0. The van der Waals surface area contributed by atoms with Crippen LogP contribution in [0.5, 0.6) is 0 Å². The number of rotatable bonds is 10. The monoisotopic (exact) mass is 403 g/mol. The first kappa shape index (κ1) is 25.9. The van der Waals surface area contributed by atoms with Crippen LogP contribution in [0, 0.1) is 0 Å². The van der Waals surface area contributed by atoms with Gasteiger partial charge in [0, 0.05) is 6.61 Å². The number of ether oxygens (including phenoxy) is 2. The molecule has 0 heterocycles. The third-order valence-electron chi connectivity index (χ3n) is 4.87. The van der Waals surface area contributed by atoms with Crippen molar-refractivity contribution in [3.8, 4) is 0 Å². The lowest BCUT2D eigenvalue weighted by Crippen LogP contribution is -2.48. The molecule has 0 aliphatic rings. The molecule has 0 aromatic carbocycles. The van der Waals surface area contributed by atoms with Crippen molar-refractivity contribution in [2.75, 3.05) is 13.7 Å². The molecule has 0 saturated heterocycles. The molecule has 0 aromatic rings. The Bertz CT molecular complexity index is 450. The zero-order valence-corrected chi connectivity index (χ0v) is 20.0. The van der Waals surface area contributed by atoms with Crippen molar-refractivity contribution in [3.63, 3.8) is 0 Å². The van der Waals surface area contributed by atoms with Crippen LogP contribution in [0.15, 0.2) is 0 Å². The number of alkyl carbamates (subject to hydrolysis) is 1. The minimum absolute atomic E-state index is 0.449. The zero-order chi connectivity index (χ0) is 21.4. The van der Waals surface area contributed by atoms with E-state index in [4.69, 9.17) is 13.9 Å². The fourth-order valence-electron chi connectivity index (χ4n) is 3.88. The first-order valence-corrected chi connectivity index (χ1v) is 12.1. The molecule has 0 aliphatic heterocycles. The van der Waals surface area contributed by atoms with E-state index < -0.39 is 32.0 Å². The molecule has 0 bridgehead atoms. The molecule has 0 fully saturated rings. The predicted molar refractivity (Wildman–Crippen MR) is 111 cm³/mol. The van der Waals surface area contributed by atoms with Crippen LogP contribution >= 0.6 is 0 Å². The van der Waals surface area contributed by atoms with Gasteiger partial charge in [-0.1, -0.05) is 41.5 Å². The Balaban J connectivity index is 4.86. The van der Waals surface area contributed by atoms with Gasteiger partial charge in [0.2, 0.25) is 0 Å². The van der Waals surface area contributed by atoms with Crippen molar-refractivity contribution >= 4 is 20.4 Å². The van der Waals surface area contributed by atoms with Crippen LogP contribution < -0.4 is 5.32 Å². The minimum atomic E-state index is -1.93. The number of methoxy groups -OCH3 is 1. The standard InChI is InChI=1S/C20H41NO5Si/c1-14(2)27(15(3)4,16(5)6)25-13-11-12-17(18(22)24-10)21-19(23)26-20(7,8)9/h14-17H,11-13H2,1-10H3,(H,21,23)/t17-/m0/s1. The highest BCUT2D eigenvalue weighted by Gasteiger charge is 2.44. The van der Waals surface area contributed by atoms with Crippen molar-refractivity contribution in [3.05, 3.63) is 0 Å². The average Bonchev–Trinajstić information content (AvgIpc) is 2.49. The molecule has 0 aromatic heterocycles. The normalized spacial score (nSPS) is 13.8. The molecule has 1 amide bonds. The van der Waals surface area contributed by atoms with Crippen LogP contribution in [0.25, 0.3) is 0 Å². The molecule has 0 aliphatic carbocycles. The largest absolute Gasteiger partial charge is 0.467 e. The van der Waals surface area contributed by atoms with E-state index >= 15 is 0 Å². The van der Waals surface area contributed by atoms with Crippen LogP contribution in [-0.4, -0.2) is 45.7 Å². The molecule has 6 nitrogen and oxygen atoms in total. The highest BCUT2D eigenvalue weighted by atomic mass is 28.4. The van der Waals surface area contributed by atoms with E-state index in [1.807, 2.05) is 0 Å². The Morgan fingerprint density at radius 2 is 1.44 bits per heavy atom. The summed E-state index contributed by atoms with van der Waals surface area (Å²) in [7, 11) is -0.611. The smallest absolute Gasteiger partial charge is 0.408 e. The molecule has 7 heteroatoms. The summed E-state index contributed by atoms with van der Waals surface area (Å²) in [5, 5.41) is 2.61. The van der Waals surface area contributed by atoms with Crippen LogP contribution in [0.4, 0.5) is 4.79 Å². The van der Waals surface area contributed by atoms with E-state index in [1.54, 1.807) is 20.8 Å². The second-order valence-electron chi connectivity index (χ2n) is 9.03. The number of carbonyl (C=O) groups excluding carboxylic acids is 2. The molecule has 160 valence electrons. The quantitative estimate of drug-likeness (QED) is 0.315. The van der Waals surface area contributed by atoms with Crippen molar-refractivity contribution < 1.29 is 23.5 Å². The number of hydrogen-bond acceptors (Lipinski definition) is 5. The Hall–Kier alpha value is -1.08. The van der Waals surface area contributed by atoms with Gasteiger partial charge in [-0.15, -0.1) is 0 Å². The topological polar surface area (TPSA) is 73.9 Å². The van der Waals surface area contributed by atoms with E-state index in [1.165, 1.54) is 7.11 Å². The van der Waals surface area contributed by atoms with E-state index in [0.29, 0.717) is 36.1 Å². The van der Waals surface area contributed by atoms with Crippen LogP contribution in [0.1, 0.15) is 75.2 Å². The molecule has 1 N–H and O–H groups in total. The van der Waals surface area contributed by atoms with E-state index in [-0.39, 0.29) is 0 Å². The number of nitrogens with one attached hydrogen (secondary N) is 1.